The average molecular weight is 285 g/mol. The van der Waals surface area contributed by atoms with Crippen LogP contribution in [0.1, 0.15) is 6.93 Å². The molecular weight excluding hydrogens is 264 g/mol. The molecule has 0 amide bonds. The van der Waals surface area contributed by atoms with Crippen LogP contribution in [-0.4, -0.2) is 64.3 Å². The van der Waals surface area contributed by atoms with Crippen LogP contribution in [0.25, 0.3) is 0 Å². The van der Waals surface area contributed by atoms with Gasteiger partial charge in [-0.1, -0.05) is 30.3 Å². The molecule has 1 aromatic carbocycles. The minimum absolute atomic E-state index is 0.513. The van der Waals surface area contributed by atoms with E-state index in [1.165, 1.54) is 7.11 Å². The smallest absolute Gasteiger partial charge is 0.201 e. The second kappa shape index (κ2) is 6.17. The van der Waals surface area contributed by atoms with Crippen molar-refractivity contribution in [3.8, 4) is 0 Å². The summed E-state index contributed by atoms with van der Waals surface area (Å²) in [5.74, 6) is -1.88. The van der Waals surface area contributed by atoms with E-state index in [9.17, 15) is 20.4 Å². The topological polar surface area (TPSA) is 99.4 Å². The fraction of sp³-hybridized carbons (Fsp3) is 0.571. The summed E-state index contributed by atoms with van der Waals surface area (Å²) >= 11 is 0. The van der Waals surface area contributed by atoms with Crippen LogP contribution < -0.4 is 0 Å². The van der Waals surface area contributed by atoms with Gasteiger partial charge in [-0.15, -0.1) is 0 Å². The van der Waals surface area contributed by atoms with Gasteiger partial charge in [-0.2, -0.15) is 0 Å². The molecule has 0 radical (unpaired) electrons. The molecule has 6 nitrogen and oxygen atoms in total. The Morgan fingerprint density at radius 2 is 1.90 bits per heavy atom. The Morgan fingerprint density at radius 3 is 2.45 bits per heavy atom. The maximum absolute atomic E-state index is 10.2. The number of rotatable bonds is 4. The van der Waals surface area contributed by atoms with Crippen molar-refractivity contribution in [3.05, 3.63) is 35.9 Å². The molecule has 0 aliphatic carbocycles. The highest BCUT2D eigenvalue weighted by molar-refractivity contribution is 5.18. The van der Waals surface area contributed by atoms with Gasteiger partial charge in [0.2, 0.25) is 5.79 Å². The molecule has 20 heavy (non-hydrogen) atoms. The number of ether oxygens (including phenoxy) is 2. The van der Waals surface area contributed by atoms with Gasteiger partial charge in [-0.25, -0.2) is 0 Å². The van der Waals surface area contributed by atoms with E-state index in [1.807, 2.05) is 0 Å². The predicted molar refractivity (Wildman–Crippen MR) is 69.9 cm³/mol. The molecule has 112 valence electrons. The molecule has 1 fully saturated rings. The molecule has 6 heteroatoms. The fourth-order valence-electron chi connectivity index (χ4n) is 2.29. The lowest BCUT2D eigenvalue weighted by molar-refractivity contribution is -0.356. The molecule has 2 rings (SSSR count). The molecule has 1 aromatic rings. The van der Waals surface area contributed by atoms with Crippen molar-refractivity contribution in [1.29, 1.82) is 0 Å². The van der Waals surface area contributed by atoms with E-state index in [4.69, 9.17) is 10.8 Å². The molecule has 0 bridgehead atoms. The normalized spacial score (nSPS) is 40.1. The van der Waals surface area contributed by atoms with Gasteiger partial charge >= 0.3 is 0 Å². The van der Waals surface area contributed by atoms with Gasteiger partial charge < -0.3 is 29.9 Å². The number of aliphatic hydroxyl groups excluding tert-OH is 4. The van der Waals surface area contributed by atoms with Crippen molar-refractivity contribution in [2.75, 3.05) is 13.7 Å². The molecular formula is C14H20O6. The minimum Gasteiger partial charge on any atom is -0.394 e. The molecule has 1 aliphatic heterocycles. The number of methoxy groups -OCH3 is 1. The third-order valence-corrected chi connectivity index (χ3v) is 3.47. The second-order valence-corrected chi connectivity index (χ2v) is 4.75. The first-order valence-corrected chi connectivity index (χ1v) is 6.33. The van der Waals surface area contributed by atoms with E-state index in [-0.39, 0.29) is 0 Å². The summed E-state index contributed by atoms with van der Waals surface area (Å²) in [6.45, 7) is -0.572. The summed E-state index contributed by atoms with van der Waals surface area (Å²) < 4.78 is 19.0. The molecule has 0 saturated carbocycles. The van der Waals surface area contributed by atoms with Gasteiger partial charge in [-0.05, 0) is 5.56 Å². The summed E-state index contributed by atoms with van der Waals surface area (Å²) in [6.07, 6.45) is -7.01. The van der Waals surface area contributed by atoms with Gasteiger partial charge in [-0.3, -0.25) is 0 Å². The van der Waals surface area contributed by atoms with Gasteiger partial charge in [0.15, 0.2) is 0 Å². The maximum atomic E-state index is 10.2. The SMILES string of the molecule is [2H]C(c1ccccc1)C1(OC)O[C@H](CO)[C@@H](O)[C@H](O)[C@H]1O. The molecule has 1 saturated heterocycles. The average Bonchev–Trinajstić information content (AvgIpc) is 2.54. The van der Waals surface area contributed by atoms with Crippen molar-refractivity contribution < 1.29 is 31.3 Å². The van der Waals surface area contributed by atoms with Gasteiger partial charge in [0.1, 0.15) is 24.4 Å². The van der Waals surface area contributed by atoms with Crippen molar-refractivity contribution in [1.82, 2.24) is 0 Å². The van der Waals surface area contributed by atoms with Gasteiger partial charge in [0.25, 0.3) is 0 Å². The van der Waals surface area contributed by atoms with Crippen LogP contribution in [0, 0.1) is 0 Å². The van der Waals surface area contributed by atoms with Gasteiger partial charge in [0.05, 0.1) is 6.61 Å². The number of aliphatic hydroxyl groups is 4. The summed E-state index contributed by atoms with van der Waals surface area (Å²) in [5, 5.41) is 39.2. The second-order valence-electron chi connectivity index (χ2n) is 4.75. The lowest BCUT2D eigenvalue weighted by Crippen LogP contribution is -2.66. The molecule has 4 N–H and O–H groups in total. The Balaban J connectivity index is 2.39. The molecule has 0 aromatic heterocycles. The summed E-state index contributed by atoms with van der Waals surface area (Å²) in [5.41, 5.74) is 0.513. The molecule has 1 heterocycles. The van der Waals surface area contributed by atoms with E-state index < -0.39 is 43.2 Å². The minimum atomic E-state index is -1.88. The number of hydrogen-bond donors (Lipinski definition) is 4. The number of hydrogen-bond acceptors (Lipinski definition) is 6. The van der Waals surface area contributed by atoms with Crippen LogP contribution in [0.2, 0.25) is 0 Å². The summed E-state index contributed by atoms with van der Waals surface area (Å²) in [4.78, 5) is 0. The lowest BCUT2D eigenvalue weighted by atomic mass is 9.88. The first kappa shape index (κ1) is 13.9. The monoisotopic (exact) mass is 285 g/mol. The van der Waals surface area contributed by atoms with Gasteiger partial charge in [0, 0.05) is 14.9 Å². The Kier molecular flexibility index (Phi) is 4.30. The maximum Gasteiger partial charge on any atom is 0.201 e. The Morgan fingerprint density at radius 1 is 1.25 bits per heavy atom. The zero-order valence-electron chi connectivity index (χ0n) is 12.1. The lowest BCUT2D eigenvalue weighted by Gasteiger charge is -2.47. The largest absolute Gasteiger partial charge is 0.394 e. The van der Waals surface area contributed by atoms with Crippen molar-refractivity contribution in [3.63, 3.8) is 0 Å². The zero-order valence-corrected chi connectivity index (χ0v) is 11.1. The highest BCUT2D eigenvalue weighted by Crippen LogP contribution is 2.33. The Labute approximate surface area is 118 Å². The highest BCUT2D eigenvalue weighted by Gasteiger charge is 2.53. The van der Waals surface area contributed by atoms with Crippen LogP contribution >= 0.6 is 0 Å². The Bertz CT molecular complexity index is 456. The molecule has 6 atom stereocenters. The molecule has 0 spiro atoms. The van der Waals surface area contributed by atoms with Crippen molar-refractivity contribution in [2.45, 2.75) is 36.6 Å². The van der Waals surface area contributed by atoms with E-state index in [2.05, 4.69) is 0 Å². The quantitative estimate of drug-likeness (QED) is 0.569. The van der Waals surface area contributed by atoms with Crippen LogP contribution in [0.5, 0.6) is 0 Å². The van der Waals surface area contributed by atoms with E-state index in [0.717, 1.165) is 0 Å². The van der Waals surface area contributed by atoms with Crippen LogP contribution in [0.4, 0.5) is 0 Å². The van der Waals surface area contributed by atoms with Crippen LogP contribution in [0.15, 0.2) is 30.3 Å². The van der Waals surface area contributed by atoms with E-state index >= 15 is 0 Å². The molecule has 1 aliphatic rings. The first-order valence-electron chi connectivity index (χ1n) is 6.91. The Hall–Kier alpha value is -1.02. The fourth-order valence-corrected chi connectivity index (χ4v) is 2.29. The van der Waals surface area contributed by atoms with E-state index in [1.54, 1.807) is 30.3 Å². The first-order chi connectivity index (χ1) is 9.97. The third kappa shape index (κ3) is 2.71. The molecule has 2 unspecified atom stereocenters. The zero-order chi connectivity index (χ0) is 15.6. The van der Waals surface area contributed by atoms with Crippen molar-refractivity contribution in [2.24, 2.45) is 0 Å². The summed E-state index contributed by atoms with van der Waals surface area (Å²) in [7, 11) is 1.24. The van der Waals surface area contributed by atoms with E-state index in [0.29, 0.717) is 5.56 Å². The standard InChI is InChI=1S/C14H20O6/c1-19-14(7-9-5-3-2-4-6-9)13(18)12(17)11(16)10(8-15)20-14/h2-6,10-13,15-18H,7-8H2,1H3/t10-,11-,12+,13-,14?/m1/s1/i7D/t7?,10-,11-,12+,13-,14?. The number of benzene rings is 1. The highest BCUT2D eigenvalue weighted by atomic mass is 16.7. The third-order valence-electron chi connectivity index (χ3n) is 3.47. The van der Waals surface area contributed by atoms with Crippen molar-refractivity contribution >= 4 is 0 Å². The van der Waals surface area contributed by atoms with Crippen LogP contribution in [0.3, 0.4) is 0 Å². The summed E-state index contributed by atoms with van der Waals surface area (Å²) in [6, 6.07) is 8.57. The van der Waals surface area contributed by atoms with Crippen LogP contribution in [-0.2, 0) is 15.9 Å². The predicted octanol–water partition coefficient (Wildman–Crippen LogP) is -0.954.